The Morgan fingerprint density at radius 3 is 1.17 bits per heavy atom. The van der Waals surface area contributed by atoms with Crippen molar-refractivity contribution in [3.8, 4) is 0 Å². The number of hydrogen-bond acceptors (Lipinski definition) is 7. The van der Waals surface area contributed by atoms with E-state index in [0.717, 1.165) is 45.6 Å². The van der Waals surface area contributed by atoms with Crippen LogP contribution in [0.1, 0.15) is 264 Å². The quantitative estimate of drug-likeness (QED) is 0.0279. The van der Waals surface area contributed by atoms with Gasteiger partial charge in [0.05, 0.1) is 6.61 Å². The van der Waals surface area contributed by atoms with E-state index in [0.29, 0.717) is 12.8 Å². The van der Waals surface area contributed by atoms with Crippen molar-refractivity contribution in [2.75, 3.05) is 20.3 Å². The van der Waals surface area contributed by atoms with Gasteiger partial charge in [-0.05, 0) is 44.9 Å². The van der Waals surface area contributed by atoms with Crippen LogP contribution >= 0.6 is 7.82 Å². The molecule has 2 atom stereocenters. The highest BCUT2D eigenvalue weighted by Crippen LogP contribution is 2.42. The average molecular weight is 869 g/mol. The molecule has 8 nitrogen and oxygen atoms in total. The molecule has 0 saturated heterocycles. The molecule has 60 heavy (non-hydrogen) atoms. The molecule has 0 heterocycles. The molecule has 1 N–H and O–H groups in total. The zero-order chi connectivity index (χ0) is 43.9. The summed E-state index contributed by atoms with van der Waals surface area (Å²) in [4.78, 5) is 34.6. The molecule has 0 aliphatic carbocycles. The van der Waals surface area contributed by atoms with E-state index in [2.05, 4.69) is 42.7 Å². The fourth-order valence-corrected chi connectivity index (χ4v) is 7.98. The third kappa shape index (κ3) is 46.0. The minimum atomic E-state index is -4.26. The van der Waals surface area contributed by atoms with E-state index in [1.165, 1.54) is 193 Å². The smallest absolute Gasteiger partial charge is 0.462 e. The van der Waals surface area contributed by atoms with Gasteiger partial charge in [-0.25, -0.2) is 4.57 Å². The molecule has 0 aliphatic heterocycles. The summed E-state index contributed by atoms with van der Waals surface area (Å²) in [6.07, 6.45) is 55.2. The molecular formula is C51H97O8P. The Morgan fingerprint density at radius 1 is 0.467 bits per heavy atom. The molecule has 0 saturated carbocycles. The lowest BCUT2D eigenvalue weighted by Gasteiger charge is -2.19. The van der Waals surface area contributed by atoms with E-state index in [4.69, 9.17) is 14.0 Å². The lowest BCUT2D eigenvalue weighted by Crippen LogP contribution is -2.29. The maximum absolute atomic E-state index is 12.6. The standard InChI is InChI=1S/C51H97O8P/c1-4-6-8-10-12-14-16-18-20-22-24-25-26-27-28-30-32-34-36-38-40-42-44-46-51(53)59-49(48-58-60(54,55)56-3)47-57-50(52)45-43-41-39-37-35-33-31-29-23-21-19-17-15-13-11-9-7-5-2/h16,18,22,24,49H,4-15,17,19-21,23,25-48H2,1-3H3,(H,54,55)/b18-16-,24-22-. The molecule has 0 spiro atoms. The van der Waals surface area contributed by atoms with E-state index >= 15 is 0 Å². The van der Waals surface area contributed by atoms with Crippen molar-refractivity contribution in [1.29, 1.82) is 0 Å². The van der Waals surface area contributed by atoms with Crippen LogP contribution in [0, 0.1) is 0 Å². The van der Waals surface area contributed by atoms with Crippen LogP contribution < -0.4 is 0 Å². The lowest BCUT2D eigenvalue weighted by molar-refractivity contribution is -0.161. The molecule has 0 fully saturated rings. The SMILES string of the molecule is CCCCCCC/C=C\C/C=C\CCCCCCCCCCCCCC(=O)OC(COC(=O)CCCCCCCCCCCCCCCCCCCC)COP(=O)(O)OC. The first-order chi connectivity index (χ1) is 29.3. The molecule has 9 heteroatoms. The second-order valence-electron chi connectivity index (χ2n) is 17.3. The maximum atomic E-state index is 12.6. The minimum Gasteiger partial charge on any atom is -0.462 e. The number of carbonyl (C=O) groups excluding carboxylic acids is 2. The molecule has 0 bridgehead atoms. The summed E-state index contributed by atoms with van der Waals surface area (Å²) in [7, 11) is -3.20. The van der Waals surface area contributed by atoms with Gasteiger partial charge in [-0.2, -0.15) is 0 Å². The highest BCUT2D eigenvalue weighted by Gasteiger charge is 2.24. The number of rotatable bonds is 48. The van der Waals surface area contributed by atoms with E-state index in [1.54, 1.807) is 0 Å². The largest absolute Gasteiger partial charge is 0.472 e. The average Bonchev–Trinajstić information content (AvgIpc) is 3.24. The Bertz CT molecular complexity index is 1030. The van der Waals surface area contributed by atoms with Crippen molar-refractivity contribution in [3.63, 3.8) is 0 Å². The number of phosphoric acid groups is 1. The highest BCUT2D eigenvalue weighted by atomic mass is 31.2. The van der Waals surface area contributed by atoms with Crippen molar-refractivity contribution < 1.29 is 37.6 Å². The zero-order valence-electron chi connectivity index (χ0n) is 39.6. The van der Waals surface area contributed by atoms with Gasteiger partial charge in [0.25, 0.3) is 0 Å². The van der Waals surface area contributed by atoms with Crippen LogP contribution in [-0.2, 0) is 32.7 Å². The molecule has 0 aromatic heterocycles. The lowest BCUT2D eigenvalue weighted by atomic mass is 10.0. The summed E-state index contributed by atoms with van der Waals surface area (Å²) in [6, 6.07) is 0. The molecule has 0 amide bonds. The van der Waals surface area contributed by atoms with Crippen LogP contribution in [0.2, 0.25) is 0 Å². The van der Waals surface area contributed by atoms with Crippen molar-refractivity contribution in [3.05, 3.63) is 24.3 Å². The molecule has 0 rings (SSSR count). The van der Waals surface area contributed by atoms with Crippen LogP contribution in [0.4, 0.5) is 0 Å². The fraction of sp³-hybridized carbons (Fsp3) is 0.882. The van der Waals surface area contributed by atoms with Gasteiger partial charge in [0, 0.05) is 20.0 Å². The predicted molar refractivity (Wildman–Crippen MR) is 253 cm³/mol. The van der Waals surface area contributed by atoms with Gasteiger partial charge < -0.3 is 14.4 Å². The van der Waals surface area contributed by atoms with Gasteiger partial charge >= 0.3 is 19.8 Å². The van der Waals surface area contributed by atoms with Gasteiger partial charge in [-0.3, -0.25) is 18.6 Å². The van der Waals surface area contributed by atoms with Crippen molar-refractivity contribution >= 4 is 19.8 Å². The minimum absolute atomic E-state index is 0.221. The third-order valence-corrected chi connectivity index (χ3v) is 12.4. The maximum Gasteiger partial charge on any atom is 0.472 e. The summed E-state index contributed by atoms with van der Waals surface area (Å²) in [5, 5.41) is 0. The van der Waals surface area contributed by atoms with Crippen molar-refractivity contribution in [2.45, 2.75) is 270 Å². The molecule has 0 radical (unpaired) electrons. The van der Waals surface area contributed by atoms with Gasteiger partial charge in [0.2, 0.25) is 0 Å². The van der Waals surface area contributed by atoms with E-state index in [9.17, 15) is 19.0 Å². The first kappa shape index (κ1) is 58.5. The number of unbranched alkanes of at least 4 members (excludes halogenated alkanes) is 33. The Morgan fingerprint density at radius 2 is 0.800 bits per heavy atom. The first-order valence-corrected chi connectivity index (χ1v) is 27.0. The Kier molecular flexibility index (Phi) is 45.9. The van der Waals surface area contributed by atoms with Gasteiger partial charge in [0.1, 0.15) is 6.61 Å². The summed E-state index contributed by atoms with van der Waals surface area (Å²) in [5.41, 5.74) is 0. The second-order valence-corrected chi connectivity index (χ2v) is 18.9. The highest BCUT2D eigenvalue weighted by molar-refractivity contribution is 7.47. The van der Waals surface area contributed by atoms with E-state index in [1.807, 2.05) is 0 Å². The summed E-state index contributed by atoms with van der Waals surface area (Å²) in [6.45, 7) is 3.92. The summed E-state index contributed by atoms with van der Waals surface area (Å²) >= 11 is 0. The van der Waals surface area contributed by atoms with Crippen molar-refractivity contribution in [2.24, 2.45) is 0 Å². The Labute approximate surface area is 371 Å². The Hall–Kier alpha value is -1.47. The van der Waals surface area contributed by atoms with Gasteiger partial charge in [-0.1, -0.05) is 231 Å². The molecule has 354 valence electrons. The van der Waals surface area contributed by atoms with Crippen LogP contribution in [0.3, 0.4) is 0 Å². The van der Waals surface area contributed by atoms with Crippen LogP contribution in [0.15, 0.2) is 24.3 Å². The number of esters is 2. The monoisotopic (exact) mass is 869 g/mol. The van der Waals surface area contributed by atoms with Crippen LogP contribution in [0.25, 0.3) is 0 Å². The first-order valence-electron chi connectivity index (χ1n) is 25.5. The number of ether oxygens (including phenoxy) is 2. The molecule has 0 aromatic carbocycles. The normalized spacial score (nSPS) is 13.3. The van der Waals surface area contributed by atoms with Crippen LogP contribution in [-0.4, -0.2) is 43.3 Å². The summed E-state index contributed by atoms with van der Waals surface area (Å²) < 4.78 is 32.1. The third-order valence-electron chi connectivity index (χ3n) is 11.4. The van der Waals surface area contributed by atoms with E-state index < -0.39 is 26.5 Å². The molecule has 0 aromatic rings. The number of phosphoric ester groups is 1. The van der Waals surface area contributed by atoms with Gasteiger partial charge in [0.15, 0.2) is 6.10 Å². The van der Waals surface area contributed by atoms with Crippen molar-refractivity contribution in [1.82, 2.24) is 0 Å². The Balaban J connectivity index is 3.87. The number of allylic oxidation sites excluding steroid dienone is 4. The van der Waals surface area contributed by atoms with E-state index in [-0.39, 0.29) is 19.0 Å². The zero-order valence-corrected chi connectivity index (χ0v) is 40.5. The second kappa shape index (κ2) is 47.0. The fourth-order valence-electron chi connectivity index (χ4n) is 7.52. The van der Waals surface area contributed by atoms with Gasteiger partial charge in [-0.15, -0.1) is 0 Å². The molecule has 2 unspecified atom stereocenters. The summed E-state index contributed by atoms with van der Waals surface area (Å²) in [5.74, 6) is -0.791. The molecule has 0 aliphatic rings. The number of hydrogen-bond donors (Lipinski definition) is 1. The number of carbonyl (C=O) groups is 2. The predicted octanol–water partition coefficient (Wildman–Crippen LogP) is 16.6. The van der Waals surface area contributed by atoms with Crippen LogP contribution in [0.5, 0.6) is 0 Å². The molecular weight excluding hydrogens is 772 g/mol. The topological polar surface area (TPSA) is 108 Å².